The fraction of sp³-hybridized carbons (Fsp3) is 0.273. The van der Waals surface area contributed by atoms with Crippen molar-refractivity contribution in [2.75, 3.05) is 6.61 Å². The molecule has 0 fully saturated rings. The van der Waals surface area contributed by atoms with Gasteiger partial charge in [-0.3, -0.25) is 9.48 Å². The summed E-state index contributed by atoms with van der Waals surface area (Å²) in [6.07, 6.45) is 1.63. The lowest BCUT2D eigenvalue weighted by Gasteiger charge is -2.22. The molecule has 0 spiro atoms. The van der Waals surface area contributed by atoms with Crippen LogP contribution in [0, 0.1) is 0 Å². The van der Waals surface area contributed by atoms with Gasteiger partial charge >= 0.3 is 0 Å². The lowest BCUT2D eigenvalue weighted by molar-refractivity contribution is 0.0703. The van der Waals surface area contributed by atoms with E-state index in [4.69, 9.17) is 0 Å². The summed E-state index contributed by atoms with van der Waals surface area (Å²) in [4.78, 5) is 12.7. The first-order valence-corrected chi connectivity index (χ1v) is 9.31. The third-order valence-electron chi connectivity index (χ3n) is 4.87. The van der Waals surface area contributed by atoms with E-state index in [0.29, 0.717) is 11.1 Å². The number of carbonyl (C=O) groups is 1. The summed E-state index contributed by atoms with van der Waals surface area (Å²) in [5.41, 5.74) is 4.08. The van der Waals surface area contributed by atoms with Crippen LogP contribution in [-0.4, -0.2) is 38.5 Å². The quantitative estimate of drug-likeness (QED) is 0.589. The van der Waals surface area contributed by atoms with Gasteiger partial charge in [-0.15, -0.1) is 0 Å². The monoisotopic (exact) mass is 379 g/mol. The van der Waals surface area contributed by atoms with Crippen molar-refractivity contribution < 1.29 is 15.0 Å². The molecule has 0 unspecified atom stereocenters. The smallest absolute Gasteiger partial charge is 0.251 e. The second-order valence-corrected chi connectivity index (χ2v) is 6.68. The van der Waals surface area contributed by atoms with E-state index >= 15 is 0 Å². The molecular weight excluding hydrogens is 354 g/mol. The Labute approximate surface area is 164 Å². The summed E-state index contributed by atoms with van der Waals surface area (Å²) in [6, 6.07) is 15.4. The lowest BCUT2D eigenvalue weighted by Crippen LogP contribution is -2.41. The molecule has 1 heterocycles. The number of aliphatic hydroxyl groups is 2. The van der Waals surface area contributed by atoms with E-state index in [-0.39, 0.29) is 12.5 Å². The first kappa shape index (κ1) is 19.8. The first-order chi connectivity index (χ1) is 13.5. The average Bonchev–Trinajstić information content (AvgIpc) is 3.12. The van der Waals surface area contributed by atoms with Crippen LogP contribution < -0.4 is 5.32 Å². The fourth-order valence-electron chi connectivity index (χ4n) is 3.31. The van der Waals surface area contributed by atoms with Crippen molar-refractivity contribution in [3.05, 3.63) is 77.6 Å². The topological polar surface area (TPSA) is 87.4 Å². The number of rotatable bonds is 7. The standard InChI is InChI=1S/C22H25N3O3/c1-3-20-18(13-23-25(20)2)16-10-7-11-17(12-16)22(28)24-19(14-26)21(27)15-8-5-4-6-9-15/h4-13,19,21,26-27H,3,14H2,1-2H3,(H,24,28)/t19-,21-/m0/s1. The summed E-state index contributed by atoms with van der Waals surface area (Å²) in [6.45, 7) is 1.69. The fourth-order valence-corrected chi connectivity index (χ4v) is 3.31. The molecule has 146 valence electrons. The average molecular weight is 379 g/mol. The Balaban J connectivity index is 1.80. The summed E-state index contributed by atoms with van der Waals surface area (Å²) >= 11 is 0. The van der Waals surface area contributed by atoms with Crippen molar-refractivity contribution in [2.24, 2.45) is 7.05 Å². The van der Waals surface area contributed by atoms with Gasteiger partial charge in [0.2, 0.25) is 0 Å². The largest absolute Gasteiger partial charge is 0.394 e. The molecule has 0 radical (unpaired) electrons. The molecule has 1 amide bonds. The molecule has 6 nitrogen and oxygen atoms in total. The molecule has 0 saturated heterocycles. The number of hydrogen-bond donors (Lipinski definition) is 3. The Bertz CT molecular complexity index is 937. The molecule has 3 N–H and O–H groups in total. The number of aliphatic hydroxyl groups excluding tert-OH is 2. The minimum absolute atomic E-state index is 0.349. The Hall–Kier alpha value is -2.96. The maximum Gasteiger partial charge on any atom is 0.251 e. The molecule has 28 heavy (non-hydrogen) atoms. The highest BCUT2D eigenvalue weighted by molar-refractivity contribution is 5.95. The lowest BCUT2D eigenvalue weighted by atomic mass is 10.0. The molecule has 0 bridgehead atoms. The van der Waals surface area contributed by atoms with E-state index in [9.17, 15) is 15.0 Å². The maximum atomic E-state index is 12.7. The molecule has 0 aliphatic heterocycles. The van der Waals surface area contributed by atoms with Gasteiger partial charge in [-0.05, 0) is 29.7 Å². The van der Waals surface area contributed by atoms with Crippen LogP contribution in [0.4, 0.5) is 0 Å². The van der Waals surface area contributed by atoms with Crippen LogP contribution in [0.15, 0.2) is 60.8 Å². The van der Waals surface area contributed by atoms with E-state index in [2.05, 4.69) is 17.3 Å². The van der Waals surface area contributed by atoms with Gasteiger partial charge in [0.05, 0.1) is 18.8 Å². The highest BCUT2D eigenvalue weighted by atomic mass is 16.3. The Morgan fingerprint density at radius 2 is 1.93 bits per heavy atom. The van der Waals surface area contributed by atoms with Crippen LogP contribution >= 0.6 is 0 Å². The number of aromatic nitrogens is 2. The molecule has 0 saturated carbocycles. The molecule has 0 aliphatic rings. The number of carbonyl (C=O) groups excluding carboxylic acids is 1. The molecule has 6 heteroatoms. The van der Waals surface area contributed by atoms with E-state index in [1.165, 1.54) is 0 Å². The summed E-state index contributed by atoms with van der Waals surface area (Å²) < 4.78 is 1.83. The molecule has 3 rings (SSSR count). The van der Waals surface area contributed by atoms with Crippen LogP contribution in [0.2, 0.25) is 0 Å². The van der Waals surface area contributed by atoms with Gasteiger partial charge in [-0.1, -0.05) is 49.4 Å². The molecule has 2 aromatic carbocycles. The number of nitrogens with one attached hydrogen (secondary N) is 1. The molecule has 3 aromatic rings. The Morgan fingerprint density at radius 3 is 2.61 bits per heavy atom. The number of aryl methyl sites for hydroxylation is 1. The second kappa shape index (κ2) is 8.82. The van der Waals surface area contributed by atoms with Gasteiger partial charge in [0.1, 0.15) is 6.10 Å². The van der Waals surface area contributed by atoms with Gasteiger partial charge in [-0.25, -0.2) is 0 Å². The minimum atomic E-state index is -0.997. The van der Waals surface area contributed by atoms with Crippen LogP contribution in [0.25, 0.3) is 11.1 Å². The van der Waals surface area contributed by atoms with Crippen molar-refractivity contribution in [3.63, 3.8) is 0 Å². The minimum Gasteiger partial charge on any atom is -0.394 e. The Morgan fingerprint density at radius 1 is 1.18 bits per heavy atom. The second-order valence-electron chi connectivity index (χ2n) is 6.68. The van der Waals surface area contributed by atoms with E-state index in [1.807, 2.05) is 29.9 Å². The number of hydrogen-bond acceptors (Lipinski definition) is 4. The first-order valence-electron chi connectivity index (χ1n) is 9.31. The van der Waals surface area contributed by atoms with Gasteiger partial charge in [0.25, 0.3) is 5.91 Å². The zero-order valence-electron chi connectivity index (χ0n) is 16.0. The predicted molar refractivity (Wildman–Crippen MR) is 108 cm³/mol. The Kier molecular flexibility index (Phi) is 6.23. The normalized spacial score (nSPS) is 13.1. The molecule has 2 atom stereocenters. The summed E-state index contributed by atoms with van der Waals surface area (Å²) in [5.74, 6) is -0.349. The zero-order valence-corrected chi connectivity index (χ0v) is 16.0. The van der Waals surface area contributed by atoms with Crippen molar-refractivity contribution in [1.82, 2.24) is 15.1 Å². The van der Waals surface area contributed by atoms with Crippen molar-refractivity contribution in [1.29, 1.82) is 0 Å². The van der Waals surface area contributed by atoms with Gasteiger partial charge in [0, 0.05) is 23.9 Å². The van der Waals surface area contributed by atoms with Gasteiger partial charge in [0.15, 0.2) is 0 Å². The van der Waals surface area contributed by atoms with E-state index in [0.717, 1.165) is 23.2 Å². The zero-order chi connectivity index (χ0) is 20.1. The van der Waals surface area contributed by atoms with Gasteiger partial charge in [-0.2, -0.15) is 5.10 Å². The van der Waals surface area contributed by atoms with Gasteiger partial charge < -0.3 is 15.5 Å². The number of amides is 1. The summed E-state index contributed by atoms with van der Waals surface area (Å²) in [5, 5.41) is 27.2. The predicted octanol–water partition coefficient (Wildman–Crippen LogP) is 2.47. The SMILES string of the molecule is CCc1c(-c2cccc(C(=O)N[C@@H](CO)[C@@H](O)c3ccccc3)c2)cnn1C. The molecule has 1 aromatic heterocycles. The van der Waals surface area contributed by atoms with Crippen molar-refractivity contribution >= 4 is 5.91 Å². The van der Waals surface area contributed by atoms with Crippen molar-refractivity contribution in [2.45, 2.75) is 25.5 Å². The highest BCUT2D eigenvalue weighted by Gasteiger charge is 2.23. The van der Waals surface area contributed by atoms with Crippen LogP contribution in [-0.2, 0) is 13.5 Å². The maximum absolute atomic E-state index is 12.7. The highest BCUT2D eigenvalue weighted by Crippen LogP contribution is 2.25. The summed E-state index contributed by atoms with van der Waals surface area (Å²) in [7, 11) is 1.90. The molecule has 0 aliphatic carbocycles. The van der Waals surface area contributed by atoms with E-state index < -0.39 is 12.1 Å². The third kappa shape index (κ3) is 4.13. The van der Waals surface area contributed by atoms with Crippen molar-refractivity contribution in [3.8, 4) is 11.1 Å². The third-order valence-corrected chi connectivity index (χ3v) is 4.87. The van der Waals surface area contributed by atoms with Crippen LogP contribution in [0.1, 0.15) is 34.6 Å². The van der Waals surface area contributed by atoms with E-state index in [1.54, 1.807) is 42.6 Å². The van der Waals surface area contributed by atoms with Crippen LogP contribution in [0.5, 0.6) is 0 Å². The molecular formula is C22H25N3O3. The number of benzene rings is 2. The van der Waals surface area contributed by atoms with Crippen LogP contribution in [0.3, 0.4) is 0 Å². The number of nitrogens with zero attached hydrogens (tertiary/aromatic N) is 2.